The van der Waals surface area contributed by atoms with Gasteiger partial charge in [0.15, 0.2) is 16.6 Å². The van der Waals surface area contributed by atoms with Gasteiger partial charge in [0.1, 0.15) is 11.3 Å². The number of hydrogen-bond donors (Lipinski definition) is 2. The van der Waals surface area contributed by atoms with Crippen LogP contribution in [0.5, 0.6) is 5.75 Å². The zero-order valence-corrected chi connectivity index (χ0v) is 15.3. The van der Waals surface area contributed by atoms with Crippen LogP contribution in [0, 0.1) is 0 Å². The van der Waals surface area contributed by atoms with Gasteiger partial charge in [-0.3, -0.25) is 9.48 Å². The minimum atomic E-state index is -6.43. The zero-order valence-electron chi connectivity index (χ0n) is 14.6. The van der Waals surface area contributed by atoms with Crippen LogP contribution in [-0.2, 0) is 19.1 Å². The molecule has 31 heavy (non-hydrogen) atoms. The fourth-order valence-corrected chi connectivity index (χ4v) is 2.40. The van der Waals surface area contributed by atoms with Crippen molar-refractivity contribution in [3.63, 3.8) is 0 Å². The number of halogens is 9. The molecule has 2 rings (SSSR count). The number of hydrogen-bond acceptors (Lipinski definition) is 5. The number of aromatic nitrogens is 3. The molecule has 0 unspecified atom stereocenters. The summed E-state index contributed by atoms with van der Waals surface area (Å²) in [4.78, 5) is 26.3. The molecule has 2 aromatic rings. The van der Waals surface area contributed by atoms with Crippen molar-refractivity contribution in [3.8, 4) is 5.75 Å². The van der Waals surface area contributed by atoms with Gasteiger partial charge in [-0.15, -0.1) is 0 Å². The highest BCUT2D eigenvalue weighted by Gasteiger charge is 2.64. The van der Waals surface area contributed by atoms with Crippen molar-refractivity contribution >= 4 is 29.4 Å². The van der Waals surface area contributed by atoms with E-state index in [1.54, 1.807) is 5.32 Å². The van der Waals surface area contributed by atoms with Gasteiger partial charge in [0.05, 0.1) is 11.9 Å². The van der Waals surface area contributed by atoms with Crippen molar-refractivity contribution in [2.75, 3.05) is 5.32 Å². The van der Waals surface area contributed by atoms with Crippen LogP contribution in [-0.4, -0.2) is 38.1 Å². The third kappa shape index (κ3) is 4.78. The maximum atomic E-state index is 13.6. The molecule has 0 atom stereocenters. The van der Waals surface area contributed by atoms with Crippen LogP contribution in [0.25, 0.3) is 0 Å². The highest BCUT2D eigenvalue weighted by molar-refractivity contribution is 6.31. The van der Waals surface area contributed by atoms with E-state index in [0.717, 1.165) is 6.20 Å². The average molecular weight is 483 g/mol. The van der Waals surface area contributed by atoms with E-state index in [0.29, 0.717) is 13.1 Å². The molecule has 0 saturated carbocycles. The number of ether oxygens (including phenoxy) is 1. The van der Waals surface area contributed by atoms with E-state index >= 15 is 0 Å². The zero-order chi connectivity index (χ0) is 23.9. The molecule has 2 heterocycles. The monoisotopic (exact) mass is 482 g/mol. The second-order valence-electron chi connectivity index (χ2n) is 5.60. The lowest BCUT2D eigenvalue weighted by atomic mass is 10.1. The van der Waals surface area contributed by atoms with Gasteiger partial charge in [-0.25, -0.2) is 9.78 Å². The second-order valence-corrected chi connectivity index (χ2v) is 5.96. The third-order valence-electron chi connectivity index (χ3n) is 3.46. The maximum Gasteiger partial charge on any atom is 0.511 e. The first-order chi connectivity index (χ1) is 14.0. The fourth-order valence-electron chi connectivity index (χ4n) is 2.26. The average Bonchev–Trinajstić information content (AvgIpc) is 2.94. The van der Waals surface area contributed by atoms with Crippen LogP contribution >= 0.6 is 11.6 Å². The van der Waals surface area contributed by atoms with Gasteiger partial charge in [0.2, 0.25) is 0 Å². The lowest BCUT2D eigenvalue weighted by Crippen LogP contribution is -2.36. The van der Waals surface area contributed by atoms with Crippen LogP contribution in [0.4, 0.5) is 45.6 Å². The minimum absolute atomic E-state index is 0.106. The number of carbonyl (C=O) groups excluding carboxylic acids is 1. The van der Waals surface area contributed by atoms with Crippen molar-refractivity contribution in [1.29, 1.82) is 0 Å². The van der Waals surface area contributed by atoms with Gasteiger partial charge in [-0.2, -0.15) is 40.2 Å². The second kappa shape index (κ2) is 7.82. The summed E-state index contributed by atoms with van der Waals surface area (Å²) in [6.45, 7) is 0. The normalized spacial score (nSPS) is 12.6. The van der Waals surface area contributed by atoms with E-state index in [1.807, 2.05) is 0 Å². The summed E-state index contributed by atoms with van der Waals surface area (Å²) in [5, 5.41) is 12.3. The first-order valence-corrected chi connectivity index (χ1v) is 7.81. The van der Waals surface area contributed by atoms with E-state index < -0.39 is 63.9 Å². The molecular formula is C14H7ClF8N4O4. The molecular weight excluding hydrogens is 476 g/mol. The Labute approximate surface area is 170 Å². The summed E-state index contributed by atoms with van der Waals surface area (Å²) >= 11 is 5.54. The lowest BCUT2D eigenvalue weighted by Gasteiger charge is -2.19. The number of carbonyl (C=O) groups is 2. The van der Waals surface area contributed by atoms with Crippen molar-refractivity contribution < 1.29 is 54.6 Å². The first-order valence-electron chi connectivity index (χ1n) is 7.43. The standard InChI is InChI=1S/C14H7ClF8N4O4/c1-27-7(6(13(18,19)20)8(26-27)12(16,17)14(21,22)23)10(28)25-4-2-5(31-11(29)30)9(15)24-3-4/h2-3H,1H3,(H,25,28)(H,29,30). The first kappa shape index (κ1) is 24.1. The summed E-state index contributed by atoms with van der Waals surface area (Å²) < 4.78 is 109. The van der Waals surface area contributed by atoms with Crippen LogP contribution in [0.15, 0.2) is 12.3 Å². The Bertz CT molecular complexity index is 1030. The highest BCUT2D eigenvalue weighted by atomic mass is 35.5. The van der Waals surface area contributed by atoms with Crippen molar-refractivity contribution in [3.05, 3.63) is 34.4 Å². The highest BCUT2D eigenvalue weighted by Crippen LogP contribution is 2.48. The predicted molar refractivity (Wildman–Crippen MR) is 84.0 cm³/mol. The molecule has 0 fully saturated rings. The number of anilines is 1. The quantitative estimate of drug-likeness (QED) is 0.379. The van der Waals surface area contributed by atoms with Crippen molar-refractivity contribution in [1.82, 2.24) is 14.8 Å². The van der Waals surface area contributed by atoms with Crippen LogP contribution < -0.4 is 10.1 Å². The molecule has 8 nitrogen and oxygen atoms in total. The van der Waals surface area contributed by atoms with Gasteiger partial charge in [-0.1, -0.05) is 11.6 Å². The van der Waals surface area contributed by atoms with E-state index in [4.69, 9.17) is 16.7 Å². The number of pyridine rings is 1. The molecule has 0 bridgehead atoms. The molecule has 0 saturated heterocycles. The van der Waals surface area contributed by atoms with Crippen molar-refractivity contribution in [2.24, 2.45) is 7.05 Å². The summed E-state index contributed by atoms with van der Waals surface area (Å²) in [6.07, 6.45) is -13.4. The molecule has 2 aromatic heterocycles. The molecule has 2 N–H and O–H groups in total. The molecule has 170 valence electrons. The predicted octanol–water partition coefficient (Wildman–Crippen LogP) is 4.45. The molecule has 0 aliphatic heterocycles. The Hall–Kier alpha value is -3.17. The number of nitrogens with zero attached hydrogens (tertiary/aromatic N) is 3. The van der Waals surface area contributed by atoms with Crippen LogP contribution in [0.1, 0.15) is 21.7 Å². The Morgan fingerprint density at radius 3 is 2.23 bits per heavy atom. The van der Waals surface area contributed by atoms with E-state index in [-0.39, 0.29) is 4.68 Å². The lowest BCUT2D eigenvalue weighted by molar-refractivity contribution is -0.292. The smallest absolute Gasteiger partial charge is 0.449 e. The summed E-state index contributed by atoms with van der Waals surface area (Å²) in [7, 11) is 0.541. The Kier molecular flexibility index (Phi) is 6.08. The van der Waals surface area contributed by atoms with Gasteiger partial charge in [0, 0.05) is 13.1 Å². The van der Waals surface area contributed by atoms with E-state index in [2.05, 4.69) is 14.8 Å². The number of nitrogens with one attached hydrogen (secondary N) is 1. The fraction of sp³-hybridized carbons (Fsp3) is 0.286. The molecule has 0 aromatic carbocycles. The SMILES string of the molecule is Cn1nc(C(F)(F)C(F)(F)F)c(C(F)(F)F)c1C(=O)Nc1cnc(Cl)c(OC(=O)O)c1. The van der Waals surface area contributed by atoms with E-state index in [1.165, 1.54) is 0 Å². The summed E-state index contributed by atoms with van der Waals surface area (Å²) in [5.41, 5.74) is -7.53. The molecule has 17 heteroatoms. The number of carboxylic acid groups (broad SMARTS) is 1. The van der Waals surface area contributed by atoms with Crippen molar-refractivity contribution in [2.45, 2.75) is 18.3 Å². The number of rotatable bonds is 4. The Morgan fingerprint density at radius 1 is 1.16 bits per heavy atom. The molecule has 0 aliphatic carbocycles. The van der Waals surface area contributed by atoms with E-state index in [9.17, 15) is 44.7 Å². The molecule has 0 spiro atoms. The van der Waals surface area contributed by atoms with Crippen LogP contribution in [0.3, 0.4) is 0 Å². The number of aryl methyl sites for hydroxylation is 1. The number of amides is 1. The Balaban J connectivity index is 2.57. The molecule has 0 aliphatic rings. The van der Waals surface area contributed by atoms with Gasteiger partial charge >= 0.3 is 24.4 Å². The van der Waals surface area contributed by atoms with Gasteiger partial charge < -0.3 is 15.2 Å². The van der Waals surface area contributed by atoms with Gasteiger partial charge in [-0.05, 0) is 0 Å². The van der Waals surface area contributed by atoms with Crippen LogP contribution in [0.2, 0.25) is 5.15 Å². The number of alkyl halides is 8. The molecule has 0 radical (unpaired) electrons. The topological polar surface area (TPSA) is 106 Å². The Morgan fingerprint density at radius 2 is 1.74 bits per heavy atom. The van der Waals surface area contributed by atoms with Gasteiger partial charge in [0.25, 0.3) is 5.91 Å². The third-order valence-corrected chi connectivity index (χ3v) is 3.75. The molecule has 1 amide bonds. The largest absolute Gasteiger partial charge is 0.511 e. The maximum absolute atomic E-state index is 13.6. The summed E-state index contributed by atoms with van der Waals surface area (Å²) in [6, 6.07) is 0.705. The summed E-state index contributed by atoms with van der Waals surface area (Å²) in [5.74, 6) is -8.49. The minimum Gasteiger partial charge on any atom is -0.449 e.